The molecule has 0 aliphatic heterocycles. The predicted molar refractivity (Wildman–Crippen MR) is 98.2 cm³/mol. The number of halogens is 1. The molecule has 2 heterocycles. The Balaban J connectivity index is 1.59. The van der Waals surface area contributed by atoms with Crippen LogP contribution < -0.4 is 4.74 Å². The molecule has 1 amide bonds. The number of aryl methyl sites for hydroxylation is 1. The van der Waals surface area contributed by atoms with Crippen LogP contribution in [0.5, 0.6) is 5.75 Å². The van der Waals surface area contributed by atoms with Crippen molar-refractivity contribution < 1.29 is 13.9 Å². The molecule has 0 saturated heterocycles. The highest BCUT2D eigenvalue weighted by Crippen LogP contribution is 2.18. The van der Waals surface area contributed by atoms with Crippen LogP contribution in [0.15, 0.2) is 53.1 Å². The summed E-state index contributed by atoms with van der Waals surface area (Å²) in [6, 6.07) is 12.4. The Bertz CT molecular complexity index is 870. The largest absolute Gasteiger partial charge is 0.486 e. The second-order valence-corrected chi connectivity index (χ2v) is 6.24. The number of carbonyl (C=O) groups excluding carboxylic acids is 1. The smallest absolute Gasteiger partial charge is 0.289 e. The zero-order valence-corrected chi connectivity index (χ0v) is 15.4. The van der Waals surface area contributed by atoms with Crippen LogP contribution in [-0.4, -0.2) is 27.6 Å². The lowest BCUT2D eigenvalue weighted by Gasteiger charge is -2.16. The minimum Gasteiger partial charge on any atom is -0.486 e. The molecule has 2 aromatic heterocycles. The first kappa shape index (κ1) is 18.1. The molecule has 3 rings (SSSR count). The molecule has 6 nitrogen and oxygen atoms in total. The lowest BCUT2D eigenvalue weighted by molar-refractivity contribution is 0.0745. The molecule has 0 spiro atoms. The molecular formula is C19H20ClN3O3. The maximum absolute atomic E-state index is 12.5. The van der Waals surface area contributed by atoms with Crippen molar-refractivity contribution in [3.63, 3.8) is 0 Å². The molecule has 0 aliphatic rings. The monoisotopic (exact) mass is 373 g/mol. The number of hydrogen-bond donors (Lipinski definition) is 0. The fourth-order valence-electron chi connectivity index (χ4n) is 2.54. The Hall–Kier alpha value is -2.73. The van der Waals surface area contributed by atoms with E-state index in [1.165, 1.54) is 0 Å². The predicted octanol–water partition coefficient (Wildman–Crippen LogP) is 4.00. The van der Waals surface area contributed by atoms with E-state index in [4.69, 9.17) is 20.8 Å². The zero-order valence-electron chi connectivity index (χ0n) is 14.7. The van der Waals surface area contributed by atoms with Gasteiger partial charge in [-0.25, -0.2) is 0 Å². The number of aromatic nitrogens is 2. The van der Waals surface area contributed by atoms with Crippen LogP contribution >= 0.6 is 11.6 Å². The van der Waals surface area contributed by atoms with Crippen molar-refractivity contribution in [1.29, 1.82) is 0 Å². The van der Waals surface area contributed by atoms with Crippen LogP contribution in [0.4, 0.5) is 0 Å². The number of hydrogen-bond acceptors (Lipinski definition) is 4. The second kappa shape index (κ2) is 8.10. The van der Waals surface area contributed by atoms with Gasteiger partial charge in [0.1, 0.15) is 18.1 Å². The van der Waals surface area contributed by atoms with E-state index in [2.05, 4.69) is 5.10 Å². The fourth-order valence-corrected chi connectivity index (χ4v) is 2.66. The molecular weight excluding hydrogens is 354 g/mol. The van der Waals surface area contributed by atoms with Gasteiger partial charge in [-0.1, -0.05) is 11.6 Å². The van der Waals surface area contributed by atoms with E-state index in [0.717, 1.165) is 12.2 Å². The molecule has 0 radical (unpaired) electrons. The lowest BCUT2D eigenvalue weighted by Crippen LogP contribution is -2.27. The van der Waals surface area contributed by atoms with Gasteiger partial charge in [0.15, 0.2) is 5.76 Å². The van der Waals surface area contributed by atoms with Gasteiger partial charge in [-0.2, -0.15) is 5.10 Å². The quantitative estimate of drug-likeness (QED) is 0.628. The van der Waals surface area contributed by atoms with Crippen LogP contribution in [-0.2, 0) is 19.7 Å². The third-order valence-corrected chi connectivity index (χ3v) is 4.17. The van der Waals surface area contributed by atoms with Crippen LogP contribution in [0.3, 0.4) is 0 Å². The Morgan fingerprint density at radius 2 is 2.00 bits per heavy atom. The van der Waals surface area contributed by atoms with Gasteiger partial charge in [0, 0.05) is 24.8 Å². The van der Waals surface area contributed by atoms with Crippen molar-refractivity contribution in [2.24, 2.45) is 0 Å². The van der Waals surface area contributed by atoms with Gasteiger partial charge >= 0.3 is 0 Å². The van der Waals surface area contributed by atoms with E-state index < -0.39 is 0 Å². The molecule has 3 aromatic rings. The number of amides is 1. The second-order valence-electron chi connectivity index (χ2n) is 5.81. The Morgan fingerprint density at radius 1 is 1.23 bits per heavy atom. The number of nitrogens with zero attached hydrogens (tertiary/aromatic N) is 3. The van der Waals surface area contributed by atoms with Gasteiger partial charge in [-0.05, 0) is 49.4 Å². The average molecular weight is 374 g/mol. The van der Waals surface area contributed by atoms with Crippen LogP contribution in [0.1, 0.15) is 28.9 Å². The van der Waals surface area contributed by atoms with Gasteiger partial charge in [0.2, 0.25) is 0 Å². The molecule has 0 saturated carbocycles. The number of rotatable bonds is 7. The van der Waals surface area contributed by atoms with Crippen molar-refractivity contribution in [2.45, 2.75) is 26.6 Å². The van der Waals surface area contributed by atoms with E-state index in [-0.39, 0.29) is 18.3 Å². The molecule has 0 atom stereocenters. The Labute approximate surface area is 156 Å². The van der Waals surface area contributed by atoms with E-state index in [1.54, 1.807) is 54.5 Å². The molecule has 0 aliphatic carbocycles. The summed E-state index contributed by atoms with van der Waals surface area (Å²) in [4.78, 5) is 14.1. The summed E-state index contributed by atoms with van der Waals surface area (Å²) in [5.41, 5.74) is 0.973. The molecule has 0 bridgehead atoms. The minimum atomic E-state index is -0.188. The SMILES string of the molecule is CCn1nccc1CN(C)C(=O)c1ccc(COc2ccc(Cl)cc2)o1. The zero-order chi connectivity index (χ0) is 18.5. The normalized spacial score (nSPS) is 10.7. The molecule has 0 unspecified atom stereocenters. The molecule has 0 fully saturated rings. The Morgan fingerprint density at radius 3 is 2.73 bits per heavy atom. The van der Waals surface area contributed by atoms with Crippen molar-refractivity contribution in [1.82, 2.24) is 14.7 Å². The standard InChI is InChI=1S/C19H20ClN3O3/c1-3-23-15(10-11-21-23)12-22(2)19(24)18-9-8-17(26-18)13-25-16-6-4-14(20)5-7-16/h4-11H,3,12-13H2,1-2H3. The van der Waals surface area contributed by atoms with Crippen LogP contribution in [0, 0.1) is 0 Å². The molecule has 0 N–H and O–H groups in total. The Kier molecular flexibility index (Phi) is 5.63. The average Bonchev–Trinajstić information content (AvgIpc) is 3.29. The molecule has 1 aromatic carbocycles. The highest BCUT2D eigenvalue weighted by molar-refractivity contribution is 6.30. The van der Waals surface area contributed by atoms with E-state index in [0.29, 0.717) is 23.1 Å². The third kappa shape index (κ3) is 4.26. The van der Waals surface area contributed by atoms with Crippen molar-refractivity contribution in [2.75, 3.05) is 7.05 Å². The van der Waals surface area contributed by atoms with Gasteiger partial charge in [0.25, 0.3) is 5.91 Å². The summed E-state index contributed by atoms with van der Waals surface area (Å²) in [5, 5.41) is 4.86. The maximum Gasteiger partial charge on any atom is 0.289 e. The van der Waals surface area contributed by atoms with E-state index in [9.17, 15) is 4.79 Å². The summed E-state index contributed by atoms with van der Waals surface area (Å²) in [7, 11) is 1.74. The number of carbonyl (C=O) groups is 1. The highest BCUT2D eigenvalue weighted by Gasteiger charge is 2.17. The number of furan rings is 1. The van der Waals surface area contributed by atoms with Gasteiger partial charge < -0.3 is 14.1 Å². The fraction of sp³-hybridized carbons (Fsp3) is 0.263. The molecule has 26 heavy (non-hydrogen) atoms. The van der Waals surface area contributed by atoms with Gasteiger partial charge in [0.05, 0.1) is 12.2 Å². The summed E-state index contributed by atoms with van der Waals surface area (Å²) in [6.45, 7) is 3.47. The summed E-state index contributed by atoms with van der Waals surface area (Å²) in [6.07, 6.45) is 1.73. The lowest BCUT2D eigenvalue weighted by atomic mass is 10.3. The topological polar surface area (TPSA) is 60.5 Å². The van der Waals surface area contributed by atoms with Crippen molar-refractivity contribution in [3.8, 4) is 5.75 Å². The highest BCUT2D eigenvalue weighted by atomic mass is 35.5. The van der Waals surface area contributed by atoms with Crippen molar-refractivity contribution in [3.05, 3.63) is 70.9 Å². The number of benzene rings is 1. The van der Waals surface area contributed by atoms with Gasteiger partial charge in [-0.3, -0.25) is 9.48 Å². The first-order valence-electron chi connectivity index (χ1n) is 8.30. The number of ether oxygens (including phenoxy) is 1. The summed E-state index contributed by atoms with van der Waals surface area (Å²) < 4.78 is 13.1. The summed E-state index contributed by atoms with van der Waals surface area (Å²) >= 11 is 5.84. The molecule has 7 heteroatoms. The maximum atomic E-state index is 12.5. The van der Waals surface area contributed by atoms with E-state index in [1.807, 2.05) is 17.7 Å². The summed E-state index contributed by atoms with van der Waals surface area (Å²) in [5.74, 6) is 1.36. The molecule has 136 valence electrons. The first-order valence-corrected chi connectivity index (χ1v) is 8.68. The van der Waals surface area contributed by atoms with Gasteiger partial charge in [-0.15, -0.1) is 0 Å². The third-order valence-electron chi connectivity index (χ3n) is 3.92. The van der Waals surface area contributed by atoms with Crippen LogP contribution in [0.2, 0.25) is 5.02 Å². The first-order chi connectivity index (χ1) is 12.6. The van der Waals surface area contributed by atoms with Crippen molar-refractivity contribution >= 4 is 17.5 Å². The van der Waals surface area contributed by atoms with Crippen LogP contribution in [0.25, 0.3) is 0 Å². The van der Waals surface area contributed by atoms with E-state index >= 15 is 0 Å². The minimum absolute atomic E-state index is 0.188.